The molecule has 3 fully saturated rings. The number of benzene rings is 1. The van der Waals surface area contributed by atoms with Crippen LogP contribution in [-0.4, -0.2) is 23.9 Å². The molecule has 3 aliphatic carbocycles. The summed E-state index contributed by atoms with van der Waals surface area (Å²) in [6.45, 7) is 4.83. The minimum Gasteiger partial charge on any atom is -0.326 e. The van der Waals surface area contributed by atoms with E-state index in [0.29, 0.717) is 43.9 Å². The standard InChI is InChI=1S/C27H30F6N2O2/c1-24-8-6-20-18(13-34-22-12-17(36)5-7-25(20,22)2)19(24)3-4-21(24)23(37)35-16-10-14(26(28,29)30)9-15(11-16)27(31,32)33/h9-11,18-21H,3-8,12-13H2,1-2H3,(H,35,37)/t18?,19?,20?,21-,24+,25-/m1/s1. The van der Waals surface area contributed by atoms with E-state index in [-0.39, 0.29) is 29.1 Å². The first-order chi connectivity index (χ1) is 17.1. The van der Waals surface area contributed by atoms with Crippen LogP contribution in [0.2, 0.25) is 0 Å². The van der Waals surface area contributed by atoms with Crippen LogP contribution in [0.25, 0.3) is 0 Å². The fourth-order valence-electron chi connectivity index (χ4n) is 7.89. The Bertz CT molecular complexity index is 1130. The van der Waals surface area contributed by atoms with Crippen molar-refractivity contribution in [1.82, 2.24) is 0 Å². The molecule has 1 N–H and O–H groups in total. The molecule has 1 aromatic carbocycles. The number of nitrogens with zero attached hydrogens (tertiary/aromatic N) is 1. The minimum atomic E-state index is -4.98. The largest absolute Gasteiger partial charge is 0.416 e. The zero-order valence-corrected chi connectivity index (χ0v) is 20.7. The summed E-state index contributed by atoms with van der Waals surface area (Å²) in [6.07, 6.45) is -5.37. The number of ketones is 1. The van der Waals surface area contributed by atoms with Crippen molar-refractivity contribution in [2.75, 3.05) is 11.9 Å². The second-order valence-corrected chi connectivity index (χ2v) is 11.8. The Balaban J connectivity index is 1.39. The SMILES string of the molecule is C[C@]12CCC(=O)CC1=NCC1C2CC[C@@]2(C)C1CC[C@@H]2C(=O)Nc1cc(C(F)(F)F)cc(C(F)(F)F)c1. The van der Waals surface area contributed by atoms with Crippen LogP contribution < -0.4 is 5.32 Å². The van der Waals surface area contributed by atoms with E-state index in [9.17, 15) is 35.9 Å². The van der Waals surface area contributed by atoms with Crippen LogP contribution in [0.4, 0.5) is 32.0 Å². The normalized spacial score (nSPS) is 35.8. The Hall–Kier alpha value is -2.39. The Morgan fingerprint density at radius 3 is 2.22 bits per heavy atom. The average Bonchev–Trinajstić information content (AvgIpc) is 3.15. The highest BCUT2D eigenvalue weighted by Gasteiger charge is 2.60. The number of hydrogen-bond donors (Lipinski definition) is 1. The molecule has 5 rings (SSSR count). The van der Waals surface area contributed by atoms with Crippen LogP contribution in [0.3, 0.4) is 0 Å². The number of Topliss-reactive ketones (excluding diaryl/α,β-unsaturated/α-hetero) is 1. The van der Waals surface area contributed by atoms with Crippen molar-refractivity contribution >= 4 is 23.1 Å². The Morgan fingerprint density at radius 2 is 1.59 bits per heavy atom. The molecule has 3 unspecified atom stereocenters. The van der Waals surface area contributed by atoms with Gasteiger partial charge in [-0.05, 0) is 73.5 Å². The number of fused-ring (bicyclic) bond motifs is 5. The van der Waals surface area contributed by atoms with Gasteiger partial charge in [-0.1, -0.05) is 13.8 Å². The number of rotatable bonds is 2. The second kappa shape index (κ2) is 8.56. The third kappa shape index (κ3) is 4.38. The maximum absolute atomic E-state index is 13.3. The van der Waals surface area contributed by atoms with Gasteiger partial charge >= 0.3 is 12.4 Å². The van der Waals surface area contributed by atoms with E-state index in [2.05, 4.69) is 12.2 Å². The summed E-state index contributed by atoms with van der Waals surface area (Å²) in [5, 5.41) is 2.39. The fraction of sp³-hybridized carbons (Fsp3) is 0.667. The number of aliphatic imine (C=N–C) groups is 1. The maximum atomic E-state index is 13.3. The van der Waals surface area contributed by atoms with E-state index in [1.54, 1.807) is 0 Å². The average molecular weight is 529 g/mol. The quantitative estimate of drug-likeness (QED) is 0.423. The predicted octanol–water partition coefficient (Wildman–Crippen LogP) is 6.94. The van der Waals surface area contributed by atoms with Crippen LogP contribution in [0.5, 0.6) is 0 Å². The van der Waals surface area contributed by atoms with E-state index in [0.717, 1.165) is 31.4 Å². The molecule has 4 nitrogen and oxygen atoms in total. The molecule has 0 saturated heterocycles. The topological polar surface area (TPSA) is 58.5 Å². The molecule has 4 aliphatic rings. The lowest BCUT2D eigenvalue weighted by atomic mass is 9.49. The first-order valence-electron chi connectivity index (χ1n) is 12.8. The zero-order chi connectivity index (χ0) is 27.0. The number of alkyl halides is 6. The molecule has 0 bridgehead atoms. The molecule has 1 heterocycles. The van der Waals surface area contributed by atoms with Gasteiger partial charge in [0.2, 0.25) is 5.91 Å². The number of halogens is 6. The third-order valence-corrected chi connectivity index (χ3v) is 9.87. The van der Waals surface area contributed by atoms with Gasteiger partial charge < -0.3 is 5.32 Å². The summed E-state index contributed by atoms with van der Waals surface area (Å²) in [7, 11) is 0. The van der Waals surface area contributed by atoms with Gasteiger partial charge in [0.25, 0.3) is 0 Å². The molecule has 3 saturated carbocycles. The highest BCUT2D eigenvalue weighted by Crippen LogP contribution is 2.63. The van der Waals surface area contributed by atoms with Crippen LogP contribution in [0.15, 0.2) is 23.2 Å². The van der Waals surface area contributed by atoms with Crippen molar-refractivity contribution in [2.45, 2.75) is 71.1 Å². The number of anilines is 1. The predicted molar refractivity (Wildman–Crippen MR) is 125 cm³/mol. The van der Waals surface area contributed by atoms with Gasteiger partial charge in [0.15, 0.2) is 0 Å². The molecule has 0 spiro atoms. The molecule has 1 aromatic rings. The molecule has 37 heavy (non-hydrogen) atoms. The van der Waals surface area contributed by atoms with Crippen LogP contribution in [0.1, 0.15) is 69.9 Å². The summed E-state index contributed by atoms with van der Waals surface area (Å²) in [5.74, 6) is -0.0706. The number of carbonyl (C=O) groups is 2. The molecule has 202 valence electrons. The first kappa shape index (κ1) is 26.2. The summed E-state index contributed by atoms with van der Waals surface area (Å²) in [5.41, 5.74) is -2.98. The molecule has 10 heteroatoms. The summed E-state index contributed by atoms with van der Waals surface area (Å²) >= 11 is 0. The Labute approximate surface area is 211 Å². The molecule has 6 atom stereocenters. The summed E-state index contributed by atoms with van der Waals surface area (Å²) < 4.78 is 79.7. The molecule has 0 aromatic heterocycles. The van der Waals surface area contributed by atoms with Gasteiger partial charge in [0.1, 0.15) is 5.78 Å². The van der Waals surface area contributed by atoms with Crippen LogP contribution in [-0.2, 0) is 21.9 Å². The van der Waals surface area contributed by atoms with E-state index >= 15 is 0 Å². The molecule has 0 radical (unpaired) electrons. The highest BCUT2D eigenvalue weighted by atomic mass is 19.4. The van der Waals surface area contributed by atoms with Gasteiger partial charge in [-0.25, -0.2) is 0 Å². The lowest BCUT2D eigenvalue weighted by Crippen LogP contribution is -2.55. The van der Waals surface area contributed by atoms with Gasteiger partial charge in [0, 0.05) is 42.1 Å². The van der Waals surface area contributed by atoms with E-state index in [1.165, 1.54) is 0 Å². The van der Waals surface area contributed by atoms with Crippen molar-refractivity contribution in [3.8, 4) is 0 Å². The van der Waals surface area contributed by atoms with E-state index < -0.39 is 46.4 Å². The maximum Gasteiger partial charge on any atom is 0.416 e. The zero-order valence-electron chi connectivity index (χ0n) is 20.7. The molecular weight excluding hydrogens is 498 g/mol. The van der Waals surface area contributed by atoms with Crippen LogP contribution >= 0.6 is 0 Å². The van der Waals surface area contributed by atoms with Gasteiger partial charge in [-0.2, -0.15) is 26.3 Å². The molecular formula is C27H30F6N2O2. The minimum absolute atomic E-state index is 0.0567. The van der Waals surface area contributed by atoms with Crippen LogP contribution in [0, 0.1) is 34.5 Å². The summed E-state index contributed by atoms with van der Waals surface area (Å²) in [6, 6.07) is 1.17. The lowest BCUT2D eigenvalue weighted by molar-refractivity contribution is -0.143. The highest BCUT2D eigenvalue weighted by molar-refractivity contribution is 6.07. The van der Waals surface area contributed by atoms with Crippen molar-refractivity contribution in [2.24, 2.45) is 39.5 Å². The van der Waals surface area contributed by atoms with Crippen molar-refractivity contribution in [3.05, 3.63) is 29.3 Å². The van der Waals surface area contributed by atoms with Crippen molar-refractivity contribution in [1.29, 1.82) is 0 Å². The van der Waals surface area contributed by atoms with E-state index in [1.807, 2.05) is 6.92 Å². The molecule has 1 amide bonds. The summed E-state index contributed by atoms with van der Waals surface area (Å²) in [4.78, 5) is 30.2. The Kier molecular flexibility index (Phi) is 6.07. The number of amides is 1. The number of nitrogens with one attached hydrogen (secondary N) is 1. The lowest BCUT2D eigenvalue weighted by Gasteiger charge is -2.56. The number of hydrogen-bond acceptors (Lipinski definition) is 3. The smallest absolute Gasteiger partial charge is 0.326 e. The van der Waals surface area contributed by atoms with Gasteiger partial charge in [-0.3, -0.25) is 14.6 Å². The number of carbonyl (C=O) groups excluding carboxylic acids is 2. The molecule has 1 aliphatic heterocycles. The second-order valence-electron chi connectivity index (χ2n) is 11.8. The fourth-order valence-corrected chi connectivity index (χ4v) is 7.89. The van der Waals surface area contributed by atoms with Crippen molar-refractivity contribution < 1.29 is 35.9 Å². The first-order valence-corrected chi connectivity index (χ1v) is 12.8. The third-order valence-electron chi connectivity index (χ3n) is 9.87. The monoisotopic (exact) mass is 528 g/mol. The Morgan fingerprint density at radius 1 is 0.946 bits per heavy atom. The van der Waals surface area contributed by atoms with Crippen molar-refractivity contribution in [3.63, 3.8) is 0 Å². The van der Waals surface area contributed by atoms with E-state index in [4.69, 9.17) is 4.99 Å². The van der Waals surface area contributed by atoms with Gasteiger partial charge in [-0.15, -0.1) is 0 Å². The van der Waals surface area contributed by atoms with Gasteiger partial charge in [0.05, 0.1) is 11.1 Å².